The molecule has 3 heteroatoms. The lowest BCUT2D eigenvalue weighted by Gasteiger charge is -2.31. The second-order valence-electron chi connectivity index (χ2n) is 7.35. The molecule has 0 aromatic heterocycles. The van der Waals surface area contributed by atoms with Crippen LogP contribution >= 0.6 is 0 Å². The van der Waals surface area contributed by atoms with Crippen LogP contribution in [0, 0.1) is 18.7 Å². The maximum Gasteiger partial charge on any atom is 0.167 e. The summed E-state index contributed by atoms with van der Waals surface area (Å²) in [5.41, 5.74) is 2.37. The molecule has 1 radical (unpaired) electrons. The molecule has 1 aliphatic rings. The van der Waals surface area contributed by atoms with Crippen LogP contribution in [0.15, 0.2) is 84.9 Å². The Hall–Kier alpha value is -2.78. The van der Waals surface area contributed by atoms with Gasteiger partial charge in [-0.15, -0.1) is 0 Å². The summed E-state index contributed by atoms with van der Waals surface area (Å²) >= 11 is 0. The Morgan fingerprint density at radius 1 is 0.929 bits per heavy atom. The molecular formula is C25H23FNO. The lowest BCUT2D eigenvalue weighted by molar-refractivity contribution is 0.0873. The van der Waals surface area contributed by atoms with Crippen LogP contribution in [0.3, 0.4) is 0 Å². The second-order valence-corrected chi connectivity index (χ2v) is 7.35. The Morgan fingerprint density at radius 3 is 2.21 bits per heavy atom. The van der Waals surface area contributed by atoms with Crippen molar-refractivity contribution in [1.29, 1.82) is 0 Å². The standard InChI is InChI=1S/C25H23FNO/c1-18-16-22(25(28)20-12-6-3-7-13-20)24(21-14-8-9-15-23(21)26)27(18)17-19-10-4-2-5-11-19/h2-15,18,22,24H,1,16-17H2/t18-,22-,24-/m0/s1. The fourth-order valence-corrected chi connectivity index (χ4v) is 4.21. The van der Waals surface area contributed by atoms with Crippen molar-refractivity contribution in [2.45, 2.75) is 25.0 Å². The summed E-state index contributed by atoms with van der Waals surface area (Å²) in [5, 5.41) is 0. The van der Waals surface area contributed by atoms with Crippen molar-refractivity contribution in [2.24, 2.45) is 5.92 Å². The van der Waals surface area contributed by atoms with Crippen molar-refractivity contribution >= 4 is 5.78 Å². The SMILES string of the molecule is [CH2][C@H]1C[C@H](C(=O)c2ccccc2)[C@H](c2ccccc2F)N1Cc1ccccc1. The van der Waals surface area contributed by atoms with Gasteiger partial charge >= 0.3 is 0 Å². The number of hydrogen-bond acceptors (Lipinski definition) is 2. The van der Waals surface area contributed by atoms with Crippen molar-refractivity contribution in [3.63, 3.8) is 0 Å². The number of hydrogen-bond donors (Lipinski definition) is 0. The highest BCUT2D eigenvalue weighted by Gasteiger charge is 2.44. The Morgan fingerprint density at radius 2 is 1.54 bits per heavy atom. The third kappa shape index (κ3) is 3.63. The van der Waals surface area contributed by atoms with Gasteiger partial charge in [0, 0.05) is 35.7 Å². The molecule has 0 unspecified atom stereocenters. The van der Waals surface area contributed by atoms with Gasteiger partial charge in [-0.3, -0.25) is 9.69 Å². The van der Waals surface area contributed by atoms with E-state index in [1.807, 2.05) is 54.6 Å². The van der Waals surface area contributed by atoms with Crippen molar-refractivity contribution in [2.75, 3.05) is 0 Å². The van der Waals surface area contributed by atoms with Crippen LogP contribution in [-0.2, 0) is 6.54 Å². The van der Waals surface area contributed by atoms with E-state index in [1.165, 1.54) is 6.07 Å². The lowest BCUT2D eigenvalue weighted by atomic mass is 9.86. The van der Waals surface area contributed by atoms with Gasteiger partial charge in [0.25, 0.3) is 0 Å². The van der Waals surface area contributed by atoms with Crippen LogP contribution in [0.4, 0.5) is 4.39 Å². The molecule has 0 saturated carbocycles. The van der Waals surface area contributed by atoms with Crippen molar-refractivity contribution < 1.29 is 9.18 Å². The number of benzene rings is 3. The predicted octanol–water partition coefficient (Wildman–Crippen LogP) is 5.47. The zero-order valence-electron chi connectivity index (χ0n) is 15.7. The summed E-state index contributed by atoms with van der Waals surface area (Å²) in [7, 11) is 0. The number of rotatable bonds is 5. The van der Waals surface area contributed by atoms with E-state index in [2.05, 4.69) is 24.0 Å². The van der Waals surface area contributed by atoms with Crippen LogP contribution in [0.2, 0.25) is 0 Å². The maximum absolute atomic E-state index is 14.8. The molecule has 0 bridgehead atoms. The molecule has 2 nitrogen and oxygen atoms in total. The minimum atomic E-state index is -0.336. The number of Topliss-reactive ketones (excluding diaryl/α,β-unsaturated/α-hetero) is 1. The Labute approximate surface area is 165 Å². The number of nitrogens with zero attached hydrogens (tertiary/aromatic N) is 1. The summed E-state index contributed by atoms with van der Waals surface area (Å²) in [6, 6.07) is 25.7. The number of ketones is 1. The van der Waals surface area contributed by atoms with E-state index in [1.54, 1.807) is 12.1 Å². The largest absolute Gasteiger partial charge is 0.294 e. The Bertz CT molecular complexity index is 941. The molecule has 28 heavy (non-hydrogen) atoms. The van der Waals surface area contributed by atoms with Gasteiger partial charge in [0.15, 0.2) is 5.78 Å². The van der Waals surface area contributed by atoms with Crippen LogP contribution < -0.4 is 0 Å². The lowest BCUT2D eigenvalue weighted by Crippen LogP contribution is -2.32. The first-order valence-electron chi connectivity index (χ1n) is 9.61. The molecule has 3 aromatic rings. The van der Waals surface area contributed by atoms with Crippen LogP contribution in [0.1, 0.15) is 33.9 Å². The number of likely N-dealkylation sites (tertiary alicyclic amines) is 1. The summed E-state index contributed by atoms with van der Waals surface area (Å²) in [5.74, 6) is -0.547. The molecule has 0 N–H and O–H groups in total. The zero-order chi connectivity index (χ0) is 19.5. The monoisotopic (exact) mass is 372 g/mol. The van der Waals surface area contributed by atoms with E-state index in [0.29, 0.717) is 24.1 Å². The summed E-state index contributed by atoms with van der Waals surface area (Å²) in [6.07, 6.45) is 0.611. The quantitative estimate of drug-likeness (QED) is 0.553. The first-order chi connectivity index (χ1) is 13.6. The number of halogens is 1. The highest BCUT2D eigenvalue weighted by Crippen LogP contribution is 2.44. The van der Waals surface area contributed by atoms with Crippen LogP contribution in [0.25, 0.3) is 0 Å². The molecule has 3 aromatic carbocycles. The normalized spacial score (nSPS) is 22.3. The smallest absolute Gasteiger partial charge is 0.167 e. The zero-order valence-corrected chi connectivity index (χ0v) is 15.7. The molecule has 1 fully saturated rings. The maximum atomic E-state index is 14.8. The second kappa shape index (κ2) is 8.07. The van der Waals surface area contributed by atoms with E-state index >= 15 is 0 Å². The molecule has 0 spiro atoms. The first kappa shape index (κ1) is 18.6. The molecule has 1 heterocycles. The van der Waals surface area contributed by atoms with E-state index in [-0.39, 0.29) is 29.6 Å². The van der Waals surface area contributed by atoms with Gasteiger partial charge < -0.3 is 0 Å². The van der Waals surface area contributed by atoms with Gasteiger partial charge in [-0.1, -0.05) is 78.9 Å². The van der Waals surface area contributed by atoms with Crippen molar-refractivity contribution in [1.82, 2.24) is 4.90 Å². The van der Waals surface area contributed by atoms with Crippen molar-refractivity contribution in [3.05, 3.63) is 114 Å². The van der Waals surface area contributed by atoms with Gasteiger partial charge in [-0.2, -0.15) is 0 Å². The van der Waals surface area contributed by atoms with Gasteiger partial charge in [-0.25, -0.2) is 4.39 Å². The van der Waals surface area contributed by atoms with Gasteiger partial charge in [0.05, 0.1) is 0 Å². The third-order valence-corrected chi connectivity index (χ3v) is 5.56. The topological polar surface area (TPSA) is 20.3 Å². The Balaban J connectivity index is 1.73. The molecule has 4 rings (SSSR count). The summed E-state index contributed by atoms with van der Waals surface area (Å²) in [6.45, 7) is 4.93. The molecular weight excluding hydrogens is 349 g/mol. The van der Waals surface area contributed by atoms with Crippen molar-refractivity contribution in [3.8, 4) is 0 Å². The predicted molar refractivity (Wildman–Crippen MR) is 109 cm³/mol. The van der Waals surface area contributed by atoms with Gasteiger partial charge in [-0.05, 0) is 25.0 Å². The van der Waals surface area contributed by atoms with E-state index in [4.69, 9.17) is 0 Å². The minimum Gasteiger partial charge on any atom is -0.294 e. The van der Waals surface area contributed by atoms with E-state index < -0.39 is 0 Å². The number of carbonyl (C=O) groups excluding carboxylic acids is 1. The van der Waals surface area contributed by atoms with Crippen LogP contribution in [-0.4, -0.2) is 16.7 Å². The summed E-state index contributed by atoms with van der Waals surface area (Å²) in [4.78, 5) is 15.5. The van der Waals surface area contributed by atoms with E-state index in [0.717, 1.165) is 5.56 Å². The Kier molecular flexibility index (Phi) is 5.36. The average molecular weight is 372 g/mol. The molecule has 3 atom stereocenters. The third-order valence-electron chi connectivity index (χ3n) is 5.56. The van der Waals surface area contributed by atoms with E-state index in [9.17, 15) is 9.18 Å². The molecule has 141 valence electrons. The van der Waals surface area contributed by atoms with Gasteiger partial charge in [0.2, 0.25) is 0 Å². The minimum absolute atomic E-state index is 0.0538. The fraction of sp³-hybridized carbons (Fsp3) is 0.200. The first-order valence-corrected chi connectivity index (χ1v) is 9.61. The summed E-state index contributed by atoms with van der Waals surface area (Å²) < 4.78 is 14.8. The molecule has 0 amide bonds. The number of carbonyl (C=O) groups is 1. The highest BCUT2D eigenvalue weighted by atomic mass is 19.1. The molecule has 1 aliphatic heterocycles. The van der Waals surface area contributed by atoms with Crippen LogP contribution in [0.5, 0.6) is 0 Å². The average Bonchev–Trinajstić information content (AvgIpc) is 3.05. The highest BCUT2D eigenvalue weighted by molar-refractivity contribution is 5.98. The fourth-order valence-electron chi connectivity index (χ4n) is 4.21. The molecule has 0 aliphatic carbocycles. The molecule has 1 saturated heterocycles. The van der Waals surface area contributed by atoms with Gasteiger partial charge in [0.1, 0.15) is 5.82 Å².